The second-order valence-electron chi connectivity index (χ2n) is 6.31. The molecule has 0 spiro atoms. The number of hydrogen-bond donors (Lipinski definition) is 1. The van der Waals surface area contributed by atoms with Gasteiger partial charge < -0.3 is 10.1 Å². The van der Waals surface area contributed by atoms with Crippen molar-refractivity contribution in [1.82, 2.24) is 5.32 Å². The van der Waals surface area contributed by atoms with E-state index in [1.807, 2.05) is 0 Å². The summed E-state index contributed by atoms with van der Waals surface area (Å²) in [5, 5.41) is 2.73. The van der Waals surface area contributed by atoms with Crippen molar-refractivity contribution in [3.8, 4) is 5.75 Å². The van der Waals surface area contributed by atoms with E-state index < -0.39 is 39.6 Å². The predicted octanol–water partition coefficient (Wildman–Crippen LogP) is 3.01. The monoisotopic (exact) mass is 412 g/mol. The molecule has 0 saturated carbocycles. The van der Waals surface area contributed by atoms with Gasteiger partial charge in [-0.25, -0.2) is 17.2 Å². The number of carbonyl (C=O) groups is 1. The second-order valence-corrected chi connectivity index (χ2v) is 8.16. The van der Waals surface area contributed by atoms with E-state index in [9.17, 15) is 22.0 Å². The highest BCUT2D eigenvalue weighted by molar-refractivity contribution is 7.92. The Morgan fingerprint density at radius 2 is 1.75 bits per heavy atom. The van der Waals surface area contributed by atoms with Crippen LogP contribution < -0.4 is 14.4 Å². The Bertz CT molecular complexity index is 966. The van der Waals surface area contributed by atoms with Crippen molar-refractivity contribution in [2.24, 2.45) is 0 Å². The number of nitrogens with zero attached hydrogens (tertiary/aromatic N) is 1. The van der Waals surface area contributed by atoms with Gasteiger partial charge in [-0.15, -0.1) is 0 Å². The number of sulfonamides is 1. The molecule has 0 aliphatic rings. The lowest BCUT2D eigenvalue weighted by molar-refractivity contribution is -0.122. The van der Waals surface area contributed by atoms with Crippen molar-refractivity contribution >= 4 is 21.6 Å². The lowest BCUT2D eigenvalue weighted by Crippen LogP contribution is -2.48. The van der Waals surface area contributed by atoms with Gasteiger partial charge in [-0.1, -0.05) is 18.2 Å². The number of benzene rings is 2. The molecule has 1 amide bonds. The van der Waals surface area contributed by atoms with Crippen LogP contribution in [0.5, 0.6) is 5.75 Å². The third-order valence-corrected chi connectivity index (χ3v) is 5.45. The van der Waals surface area contributed by atoms with Crippen LogP contribution in [-0.4, -0.2) is 33.7 Å². The van der Waals surface area contributed by atoms with Crippen molar-refractivity contribution in [2.75, 3.05) is 17.7 Å². The van der Waals surface area contributed by atoms with Gasteiger partial charge >= 0.3 is 0 Å². The summed E-state index contributed by atoms with van der Waals surface area (Å²) in [7, 11) is -2.44. The zero-order valence-corrected chi connectivity index (χ0v) is 16.8. The minimum absolute atomic E-state index is 0.144. The van der Waals surface area contributed by atoms with E-state index in [-0.39, 0.29) is 5.69 Å². The number of nitrogens with one attached hydrogen (secondary N) is 1. The zero-order chi connectivity index (χ0) is 21.1. The molecule has 0 aliphatic carbocycles. The van der Waals surface area contributed by atoms with Gasteiger partial charge in [-0.3, -0.25) is 9.10 Å². The SMILES string of the molecule is COc1ccccc1C(C)NC(=O)C(C)N(c1ccc(F)c(F)c1)S(C)(=O)=O. The standard InChI is InChI=1S/C19H22F2N2O4S/c1-12(15-7-5-6-8-18(15)27-3)22-19(24)13(2)23(28(4,25)26)14-9-10-16(20)17(21)11-14/h5-13H,1-4H3,(H,22,24). The normalized spacial score (nSPS) is 13.5. The van der Waals surface area contributed by atoms with Crippen LogP contribution in [0.1, 0.15) is 25.5 Å². The fraction of sp³-hybridized carbons (Fsp3) is 0.316. The van der Waals surface area contributed by atoms with Crippen LogP contribution in [0.15, 0.2) is 42.5 Å². The largest absolute Gasteiger partial charge is 0.496 e. The molecule has 0 bridgehead atoms. The molecule has 0 fully saturated rings. The van der Waals surface area contributed by atoms with Crippen LogP contribution in [-0.2, 0) is 14.8 Å². The van der Waals surface area contributed by atoms with E-state index in [2.05, 4.69) is 5.32 Å². The van der Waals surface area contributed by atoms with Gasteiger partial charge in [0, 0.05) is 11.6 Å². The average Bonchev–Trinajstić information content (AvgIpc) is 2.63. The third-order valence-electron chi connectivity index (χ3n) is 4.21. The molecule has 2 aromatic rings. The summed E-state index contributed by atoms with van der Waals surface area (Å²) in [6.07, 6.45) is 0.891. The number of hydrogen-bond acceptors (Lipinski definition) is 4. The number of methoxy groups -OCH3 is 1. The maximum absolute atomic E-state index is 13.6. The summed E-state index contributed by atoms with van der Waals surface area (Å²) in [4.78, 5) is 12.7. The molecule has 2 rings (SSSR count). The van der Waals surface area contributed by atoms with Crippen molar-refractivity contribution in [1.29, 1.82) is 0 Å². The molecule has 152 valence electrons. The first-order valence-corrected chi connectivity index (χ1v) is 10.3. The van der Waals surface area contributed by atoms with Gasteiger partial charge in [0.05, 0.1) is 25.1 Å². The molecule has 9 heteroatoms. The predicted molar refractivity (Wildman–Crippen MR) is 103 cm³/mol. The molecule has 2 unspecified atom stereocenters. The molecular formula is C19H22F2N2O4S. The van der Waals surface area contributed by atoms with Crippen molar-refractivity contribution in [3.63, 3.8) is 0 Å². The molecule has 0 heterocycles. The summed E-state index contributed by atoms with van der Waals surface area (Å²) in [6.45, 7) is 3.09. The lowest BCUT2D eigenvalue weighted by atomic mass is 10.1. The van der Waals surface area contributed by atoms with Gasteiger partial charge in [-0.2, -0.15) is 0 Å². The van der Waals surface area contributed by atoms with E-state index >= 15 is 0 Å². The number of rotatable bonds is 7. The van der Waals surface area contributed by atoms with Crippen molar-refractivity contribution in [2.45, 2.75) is 25.9 Å². The summed E-state index contributed by atoms with van der Waals surface area (Å²) in [6, 6.07) is 8.07. The van der Waals surface area contributed by atoms with Crippen molar-refractivity contribution < 1.29 is 26.7 Å². The smallest absolute Gasteiger partial charge is 0.244 e. The Hall–Kier alpha value is -2.68. The van der Waals surface area contributed by atoms with E-state index in [0.717, 1.165) is 28.8 Å². The first-order chi connectivity index (χ1) is 13.1. The Balaban J connectivity index is 2.30. The Labute approximate surface area is 163 Å². The van der Waals surface area contributed by atoms with Gasteiger partial charge in [0.1, 0.15) is 11.8 Å². The highest BCUT2D eigenvalue weighted by Gasteiger charge is 2.30. The molecule has 2 atom stereocenters. The number of ether oxygens (including phenoxy) is 1. The van der Waals surface area contributed by atoms with E-state index in [0.29, 0.717) is 11.3 Å². The number of para-hydroxylation sites is 1. The summed E-state index contributed by atoms with van der Waals surface area (Å²) >= 11 is 0. The van der Waals surface area contributed by atoms with E-state index in [1.54, 1.807) is 31.2 Å². The van der Waals surface area contributed by atoms with Crippen LogP contribution in [0.4, 0.5) is 14.5 Å². The molecule has 0 radical (unpaired) electrons. The second kappa shape index (κ2) is 8.55. The Kier molecular flexibility index (Phi) is 6.60. The van der Waals surface area contributed by atoms with Gasteiger partial charge in [-0.05, 0) is 32.0 Å². The van der Waals surface area contributed by atoms with E-state index in [1.165, 1.54) is 14.0 Å². The number of carbonyl (C=O) groups excluding carboxylic acids is 1. The lowest BCUT2D eigenvalue weighted by Gasteiger charge is -2.29. The van der Waals surface area contributed by atoms with Gasteiger partial charge in [0.2, 0.25) is 15.9 Å². The molecule has 1 N–H and O–H groups in total. The molecule has 0 aromatic heterocycles. The van der Waals surface area contributed by atoms with Crippen LogP contribution in [0.25, 0.3) is 0 Å². The minimum atomic E-state index is -3.95. The Morgan fingerprint density at radius 1 is 1.11 bits per heavy atom. The highest BCUT2D eigenvalue weighted by atomic mass is 32.2. The zero-order valence-electron chi connectivity index (χ0n) is 15.9. The Morgan fingerprint density at radius 3 is 2.32 bits per heavy atom. The minimum Gasteiger partial charge on any atom is -0.496 e. The average molecular weight is 412 g/mol. The molecule has 6 nitrogen and oxygen atoms in total. The molecular weight excluding hydrogens is 390 g/mol. The first kappa shape index (κ1) is 21.6. The first-order valence-electron chi connectivity index (χ1n) is 8.44. The van der Waals surface area contributed by atoms with Crippen LogP contribution in [0, 0.1) is 11.6 Å². The molecule has 28 heavy (non-hydrogen) atoms. The fourth-order valence-electron chi connectivity index (χ4n) is 2.87. The number of anilines is 1. The maximum atomic E-state index is 13.6. The molecule has 0 saturated heterocycles. The van der Waals surface area contributed by atoms with Crippen LogP contribution in [0.2, 0.25) is 0 Å². The van der Waals surface area contributed by atoms with Crippen molar-refractivity contribution in [3.05, 3.63) is 59.7 Å². The maximum Gasteiger partial charge on any atom is 0.244 e. The third kappa shape index (κ3) is 4.78. The molecule has 2 aromatic carbocycles. The van der Waals surface area contributed by atoms with Crippen LogP contribution >= 0.6 is 0 Å². The van der Waals surface area contributed by atoms with E-state index in [4.69, 9.17) is 4.74 Å². The van der Waals surface area contributed by atoms with Gasteiger partial charge in [0.15, 0.2) is 11.6 Å². The topological polar surface area (TPSA) is 75.7 Å². The summed E-state index contributed by atoms with van der Waals surface area (Å²) < 4.78 is 57.3. The van der Waals surface area contributed by atoms with Gasteiger partial charge in [0.25, 0.3) is 0 Å². The summed E-state index contributed by atoms with van der Waals surface area (Å²) in [5.41, 5.74) is 0.568. The van der Waals surface area contributed by atoms with Crippen LogP contribution in [0.3, 0.4) is 0 Å². The fourth-order valence-corrected chi connectivity index (χ4v) is 4.03. The number of amides is 1. The number of halogens is 2. The summed E-state index contributed by atoms with van der Waals surface area (Å²) in [5.74, 6) is -2.35. The highest BCUT2D eigenvalue weighted by Crippen LogP contribution is 2.26. The molecule has 0 aliphatic heterocycles. The quantitative estimate of drug-likeness (QED) is 0.759.